The van der Waals surface area contributed by atoms with Gasteiger partial charge in [-0.2, -0.15) is 4.98 Å². The summed E-state index contributed by atoms with van der Waals surface area (Å²) >= 11 is 6.18. The predicted molar refractivity (Wildman–Crippen MR) is 138 cm³/mol. The van der Waals surface area contributed by atoms with Gasteiger partial charge in [-0.15, -0.1) is 0 Å². The van der Waals surface area contributed by atoms with Crippen molar-refractivity contribution in [2.75, 3.05) is 18.4 Å². The summed E-state index contributed by atoms with van der Waals surface area (Å²) in [4.78, 5) is 33.0. The summed E-state index contributed by atoms with van der Waals surface area (Å²) in [6.07, 6.45) is 1.63. The second-order valence-corrected chi connectivity index (χ2v) is 9.26. The molecule has 1 atom stereocenters. The number of benzene rings is 3. The molecule has 0 spiro atoms. The van der Waals surface area contributed by atoms with Crippen LogP contribution < -0.4 is 5.32 Å². The van der Waals surface area contributed by atoms with E-state index in [1.807, 2.05) is 36.4 Å². The number of piperidine rings is 1. The van der Waals surface area contributed by atoms with Gasteiger partial charge < -0.3 is 9.84 Å². The molecule has 36 heavy (non-hydrogen) atoms. The minimum Gasteiger partial charge on any atom is -0.338 e. The molecule has 0 saturated carbocycles. The van der Waals surface area contributed by atoms with Gasteiger partial charge in [-0.05, 0) is 37.6 Å². The largest absolute Gasteiger partial charge is 0.338 e. The highest BCUT2D eigenvalue weighted by atomic mass is 35.5. The molecule has 0 bridgehead atoms. The van der Waals surface area contributed by atoms with Gasteiger partial charge in [-0.25, -0.2) is 0 Å². The molecule has 0 aliphatic carbocycles. The first kappa shape index (κ1) is 23.9. The van der Waals surface area contributed by atoms with Crippen LogP contribution in [0.4, 0.5) is 5.69 Å². The van der Waals surface area contributed by atoms with Crippen LogP contribution in [0.2, 0.25) is 5.02 Å². The Bertz CT molecular complexity index is 1360. The van der Waals surface area contributed by atoms with Gasteiger partial charge in [0.1, 0.15) is 0 Å². The van der Waals surface area contributed by atoms with Crippen LogP contribution in [-0.2, 0) is 11.3 Å². The molecule has 8 heteroatoms. The SMILES string of the molecule is O=C(c1ccccc1)c1cc(Cl)ccc1NC(=O)C1CCCN(Cc2nc(-c3ccccc3)no2)C1. The van der Waals surface area contributed by atoms with Crippen molar-refractivity contribution in [2.45, 2.75) is 19.4 Å². The number of rotatable bonds is 7. The first-order valence-corrected chi connectivity index (χ1v) is 12.2. The van der Waals surface area contributed by atoms with E-state index in [0.29, 0.717) is 46.6 Å². The standard InChI is InChI=1S/C28H25ClN4O3/c29-22-13-14-24(23(16-22)26(34)19-8-3-1-4-9-19)30-28(35)21-12-7-15-33(17-21)18-25-31-27(32-36-25)20-10-5-2-6-11-20/h1-6,8-11,13-14,16,21H,7,12,15,17-18H2,(H,30,35). The average molecular weight is 501 g/mol. The van der Waals surface area contributed by atoms with Crippen LogP contribution >= 0.6 is 11.6 Å². The van der Waals surface area contributed by atoms with Crippen molar-refractivity contribution in [2.24, 2.45) is 5.92 Å². The summed E-state index contributed by atoms with van der Waals surface area (Å²) in [6, 6.07) is 23.6. The number of likely N-dealkylation sites (tertiary alicyclic amines) is 1. The molecular formula is C28H25ClN4O3. The molecule has 4 aromatic rings. The van der Waals surface area contributed by atoms with Crippen LogP contribution in [0.5, 0.6) is 0 Å². The van der Waals surface area contributed by atoms with Gasteiger partial charge >= 0.3 is 0 Å². The molecule has 1 aromatic heterocycles. The average Bonchev–Trinajstić information content (AvgIpc) is 3.39. The van der Waals surface area contributed by atoms with E-state index in [4.69, 9.17) is 16.1 Å². The van der Waals surface area contributed by atoms with E-state index in [9.17, 15) is 9.59 Å². The smallest absolute Gasteiger partial charge is 0.241 e. The lowest BCUT2D eigenvalue weighted by Crippen LogP contribution is -2.40. The first-order chi connectivity index (χ1) is 17.6. The highest BCUT2D eigenvalue weighted by Gasteiger charge is 2.28. The minimum absolute atomic E-state index is 0.125. The van der Waals surface area contributed by atoms with Gasteiger partial charge in [-0.1, -0.05) is 77.4 Å². The first-order valence-electron chi connectivity index (χ1n) is 11.9. The number of amides is 1. The molecular weight excluding hydrogens is 476 g/mol. The zero-order chi connectivity index (χ0) is 24.9. The molecule has 1 amide bonds. The maximum atomic E-state index is 13.2. The Hall–Kier alpha value is -3.81. The molecule has 2 heterocycles. The van der Waals surface area contributed by atoms with E-state index in [2.05, 4.69) is 20.4 Å². The number of carbonyl (C=O) groups is 2. The van der Waals surface area contributed by atoms with Crippen LogP contribution in [0.25, 0.3) is 11.4 Å². The van der Waals surface area contributed by atoms with Gasteiger partial charge in [0.2, 0.25) is 17.6 Å². The maximum absolute atomic E-state index is 13.2. The van der Waals surface area contributed by atoms with Crippen LogP contribution in [0.15, 0.2) is 83.4 Å². The lowest BCUT2D eigenvalue weighted by atomic mass is 9.96. The van der Waals surface area contributed by atoms with Crippen LogP contribution in [0, 0.1) is 5.92 Å². The molecule has 1 fully saturated rings. The van der Waals surface area contributed by atoms with Crippen molar-refractivity contribution in [3.63, 3.8) is 0 Å². The molecule has 1 N–H and O–H groups in total. The van der Waals surface area contributed by atoms with Gasteiger partial charge in [0.05, 0.1) is 18.2 Å². The topological polar surface area (TPSA) is 88.3 Å². The Morgan fingerprint density at radius 2 is 1.78 bits per heavy atom. The molecule has 1 saturated heterocycles. The van der Waals surface area contributed by atoms with E-state index in [1.165, 1.54) is 0 Å². The summed E-state index contributed by atoms with van der Waals surface area (Å²) in [5.74, 6) is 0.521. The van der Waals surface area contributed by atoms with E-state index in [1.54, 1.807) is 42.5 Å². The lowest BCUT2D eigenvalue weighted by Gasteiger charge is -2.31. The molecule has 0 radical (unpaired) electrons. The summed E-state index contributed by atoms with van der Waals surface area (Å²) in [6.45, 7) is 1.87. The summed E-state index contributed by atoms with van der Waals surface area (Å²) in [7, 11) is 0. The number of ketones is 1. The molecule has 7 nitrogen and oxygen atoms in total. The Morgan fingerprint density at radius 1 is 1.03 bits per heavy atom. The van der Waals surface area contributed by atoms with Crippen molar-refractivity contribution in [1.29, 1.82) is 0 Å². The van der Waals surface area contributed by atoms with Crippen molar-refractivity contribution < 1.29 is 14.1 Å². The number of nitrogens with zero attached hydrogens (tertiary/aromatic N) is 3. The Kier molecular flexibility index (Phi) is 7.21. The lowest BCUT2D eigenvalue weighted by molar-refractivity contribution is -0.121. The van der Waals surface area contributed by atoms with Crippen molar-refractivity contribution >= 4 is 29.0 Å². The normalized spacial score (nSPS) is 16.0. The third-order valence-corrected chi connectivity index (χ3v) is 6.49. The monoisotopic (exact) mass is 500 g/mol. The number of halogens is 1. The fourth-order valence-corrected chi connectivity index (χ4v) is 4.59. The summed E-state index contributed by atoms with van der Waals surface area (Å²) in [5, 5.41) is 7.49. The van der Waals surface area contributed by atoms with Crippen molar-refractivity contribution in [3.8, 4) is 11.4 Å². The van der Waals surface area contributed by atoms with Crippen LogP contribution in [-0.4, -0.2) is 39.8 Å². The number of carbonyl (C=O) groups excluding carboxylic acids is 2. The molecule has 1 unspecified atom stereocenters. The zero-order valence-corrected chi connectivity index (χ0v) is 20.3. The maximum Gasteiger partial charge on any atom is 0.241 e. The van der Waals surface area contributed by atoms with Gasteiger partial charge in [-0.3, -0.25) is 14.5 Å². The van der Waals surface area contributed by atoms with Gasteiger partial charge in [0.25, 0.3) is 0 Å². The van der Waals surface area contributed by atoms with E-state index in [0.717, 1.165) is 24.9 Å². The van der Waals surface area contributed by atoms with E-state index >= 15 is 0 Å². The van der Waals surface area contributed by atoms with Crippen molar-refractivity contribution in [3.05, 3.63) is 101 Å². The number of hydrogen-bond acceptors (Lipinski definition) is 6. The van der Waals surface area contributed by atoms with Gasteiger partial charge in [0.15, 0.2) is 5.78 Å². The molecule has 5 rings (SSSR count). The third-order valence-electron chi connectivity index (χ3n) is 6.26. The highest BCUT2D eigenvalue weighted by molar-refractivity contribution is 6.31. The van der Waals surface area contributed by atoms with Crippen LogP contribution in [0.3, 0.4) is 0 Å². The summed E-state index contributed by atoms with van der Waals surface area (Å²) in [5.41, 5.74) is 2.26. The Labute approximate surface area is 214 Å². The zero-order valence-electron chi connectivity index (χ0n) is 19.6. The second kappa shape index (κ2) is 10.8. The van der Waals surface area contributed by atoms with E-state index in [-0.39, 0.29) is 17.6 Å². The third kappa shape index (κ3) is 5.53. The predicted octanol–water partition coefficient (Wildman–Crippen LogP) is 5.47. The molecule has 1 aliphatic rings. The fraction of sp³-hybridized carbons (Fsp3) is 0.214. The minimum atomic E-state index is -0.231. The van der Waals surface area contributed by atoms with Crippen molar-refractivity contribution in [1.82, 2.24) is 15.0 Å². The van der Waals surface area contributed by atoms with E-state index < -0.39 is 0 Å². The molecule has 1 aliphatic heterocycles. The second-order valence-electron chi connectivity index (χ2n) is 8.83. The highest BCUT2D eigenvalue weighted by Crippen LogP contribution is 2.26. The van der Waals surface area contributed by atoms with Crippen LogP contribution in [0.1, 0.15) is 34.7 Å². The number of nitrogens with one attached hydrogen (secondary N) is 1. The fourth-order valence-electron chi connectivity index (χ4n) is 4.42. The molecule has 3 aromatic carbocycles. The quantitative estimate of drug-likeness (QED) is 0.338. The Balaban J connectivity index is 1.26. The number of aromatic nitrogens is 2. The Morgan fingerprint density at radius 3 is 2.56 bits per heavy atom. The number of hydrogen-bond donors (Lipinski definition) is 1. The molecule has 182 valence electrons. The van der Waals surface area contributed by atoms with Gasteiger partial charge in [0, 0.05) is 28.3 Å². The number of anilines is 1. The summed E-state index contributed by atoms with van der Waals surface area (Å²) < 4.78 is 5.46.